The number of phenols is 1. The maximum Gasteiger partial charge on any atom is 0.255 e. The molecule has 0 saturated heterocycles. The fourth-order valence-electron chi connectivity index (χ4n) is 6.40. The molecular weight excluding hydrogens is 506 g/mol. The van der Waals surface area contributed by atoms with Crippen molar-refractivity contribution in [2.75, 3.05) is 21.2 Å². The number of fused-ring (bicyclic) bond motifs is 3. The van der Waals surface area contributed by atoms with Crippen LogP contribution in [0.3, 0.4) is 0 Å². The summed E-state index contributed by atoms with van der Waals surface area (Å²) in [5, 5.41) is 49.5. The highest BCUT2D eigenvalue weighted by Crippen LogP contribution is 2.53. The summed E-state index contributed by atoms with van der Waals surface area (Å²) in [6.45, 7) is 7.32. The molecule has 0 spiro atoms. The Balaban J connectivity index is 2.03. The first-order chi connectivity index (χ1) is 18.0. The third-order valence-electron chi connectivity index (χ3n) is 8.15. The Morgan fingerprint density at radius 1 is 1.21 bits per heavy atom. The van der Waals surface area contributed by atoms with Crippen LogP contribution in [0.25, 0.3) is 0 Å². The van der Waals surface area contributed by atoms with Gasteiger partial charge in [-0.2, -0.15) is 0 Å². The van der Waals surface area contributed by atoms with Crippen molar-refractivity contribution in [2.24, 2.45) is 22.7 Å². The lowest BCUT2D eigenvalue weighted by Gasteiger charge is -2.50. The number of primary amides is 1. The van der Waals surface area contributed by atoms with E-state index in [1.807, 2.05) is 20.8 Å². The molecule has 1 amide bonds. The molecular formula is C28H35N3O8. The second-order valence-electron chi connectivity index (χ2n) is 11.7. The van der Waals surface area contributed by atoms with E-state index in [1.165, 1.54) is 12.0 Å². The Hall–Kier alpha value is -3.70. The highest BCUT2D eigenvalue weighted by Gasteiger charge is 2.63. The molecule has 0 bridgehead atoms. The first-order valence-electron chi connectivity index (χ1n) is 12.6. The van der Waals surface area contributed by atoms with Crippen molar-refractivity contribution >= 4 is 23.2 Å². The van der Waals surface area contributed by atoms with Gasteiger partial charge in [0.1, 0.15) is 30.0 Å². The van der Waals surface area contributed by atoms with Crippen LogP contribution >= 0.6 is 0 Å². The Labute approximate surface area is 226 Å². The van der Waals surface area contributed by atoms with Crippen molar-refractivity contribution < 1.29 is 39.6 Å². The van der Waals surface area contributed by atoms with Gasteiger partial charge in [0.15, 0.2) is 11.4 Å². The molecule has 3 aliphatic carbocycles. The summed E-state index contributed by atoms with van der Waals surface area (Å²) in [4.78, 5) is 46.1. The number of rotatable bonds is 4. The predicted molar refractivity (Wildman–Crippen MR) is 142 cm³/mol. The van der Waals surface area contributed by atoms with Crippen molar-refractivity contribution in [3.8, 4) is 5.75 Å². The van der Waals surface area contributed by atoms with E-state index in [0.717, 1.165) is 0 Å². The summed E-state index contributed by atoms with van der Waals surface area (Å²) in [5.74, 6) is -6.81. The van der Waals surface area contributed by atoms with Crippen LogP contribution in [-0.2, 0) is 26.3 Å². The maximum absolute atomic E-state index is 14.1. The van der Waals surface area contributed by atoms with Crippen molar-refractivity contribution in [3.05, 3.63) is 51.0 Å². The zero-order valence-corrected chi connectivity index (χ0v) is 23.1. The average Bonchev–Trinajstić information content (AvgIpc) is 2.80. The van der Waals surface area contributed by atoms with Gasteiger partial charge in [0.25, 0.3) is 5.91 Å². The highest BCUT2D eigenvalue weighted by molar-refractivity contribution is 6.25. The molecule has 4 rings (SSSR count). The van der Waals surface area contributed by atoms with Gasteiger partial charge in [0.05, 0.1) is 17.3 Å². The van der Waals surface area contributed by atoms with Crippen LogP contribution in [0.15, 0.2) is 33.9 Å². The zero-order chi connectivity index (χ0) is 29.4. The average molecular weight is 542 g/mol. The van der Waals surface area contributed by atoms with Crippen LogP contribution in [0, 0.1) is 11.8 Å². The number of oxime groups is 1. The van der Waals surface area contributed by atoms with E-state index in [-0.39, 0.29) is 29.7 Å². The lowest BCUT2D eigenvalue weighted by molar-refractivity contribution is -0.148. The number of carbonyl (C=O) groups excluding carboxylic acids is 3. The third kappa shape index (κ3) is 3.94. The maximum atomic E-state index is 14.1. The van der Waals surface area contributed by atoms with Gasteiger partial charge in [0, 0.05) is 22.6 Å². The standard InChI is InChI=1S/C28H35N3O8/c1-11(30-39-7)13-10-16(27(2,3)4)21(32)18-14(13)8-12-9-15-20(31(5)6)23(34)19(26(29)37)25(36)28(15,38)24(35)17(12)22(18)33/h10,12,15,20,32,34-35,38H,8-9H2,1-7H3,(H2,29,37)/b30-11-/t12-,15-,20-,28-/m1/s1. The van der Waals surface area contributed by atoms with Gasteiger partial charge in [0.2, 0.25) is 5.78 Å². The predicted octanol–water partition coefficient (Wildman–Crippen LogP) is 1.79. The van der Waals surface area contributed by atoms with E-state index in [1.54, 1.807) is 27.1 Å². The molecule has 4 atom stereocenters. The second kappa shape index (κ2) is 9.20. The minimum atomic E-state index is -2.68. The number of hydrogen-bond acceptors (Lipinski definition) is 10. The first kappa shape index (κ1) is 28.3. The molecule has 11 heteroatoms. The van der Waals surface area contributed by atoms with E-state index in [4.69, 9.17) is 10.6 Å². The van der Waals surface area contributed by atoms with Crippen molar-refractivity contribution in [1.82, 2.24) is 4.90 Å². The Morgan fingerprint density at radius 3 is 2.33 bits per heavy atom. The Bertz CT molecular complexity index is 1400. The molecule has 1 aromatic rings. The largest absolute Gasteiger partial charge is 0.510 e. The molecule has 0 saturated carbocycles. The van der Waals surface area contributed by atoms with Crippen LogP contribution in [-0.4, -0.2) is 81.4 Å². The smallest absolute Gasteiger partial charge is 0.255 e. The van der Waals surface area contributed by atoms with Gasteiger partial charge in [-0.25, -0.2) is 0 Å². The first-order valence-corrected chi connectivity index (χ1v) is 12.6. The Kier molecular flexibility index (Phi) is 6.68. The quantitative estimate of drug-likeness (QED) is 0.215. The van der Waals surface area contributed by atoms with Crippen LogP contribution in [0.4, 0.5) is 0 Å². The van der Waals surface area contributed by atoms with Crippen molar-refractivity contribution in [3.63, 3.8) is 0 Å². The SMILES string of the molecule is CO/N=C(/C)c1cc(C(C)(C)C)c(O)c2c1C[C@@H]1C[C@@H]3[C@@H](N(C)C)C(O)=C(C(N)=O)C(=O)[C@]3(O)C(O)=C1C2=O. The summed E-state index contributed by atoms with van der Waals surface area (Å²) in [7, 11) is 4.57. The number of benzene rings is 1. The van der Waals surface area contributed by atoms with Gasteiger partial charge in [-0.05, 0) is 56.8 Å². The number of amides is 1. The summed E-state index contributed by atoms with van der Waals surface area (Å²) in [6, 6.07) is 0.719. The fraction of sp³-hybridized carbons (Fsp3) is 0.500. The second-order valence-corrected chi connectivity index (χ2v) is 11.7. The summed E-state index contributed by atoms with van der Waals surface area (Å²) in [6.07, 6.45) is 0.173. The third-order valence-corrected chi connectivity index (χ3v) is 8.15. The van der Waals surface area contributed by atoms with Crippen molar-refractivity contribution in [2.45, 2.75) is 57.6 Å². The number of aromatic hydroxyl groups is 1. The molecule has 0 radical (unpaired) electrons. The monoisotopic (exact) mass is 541 g/mol. The van der Waals surface area contributed by atoms with Gasteiger partial charge < -0.3 is 31.0 Å². The molecule has 0 aromatic heterocycles. The van der Waals surface area contributed by atoms with Crippen molar-refractivity contribution in [1.29, 1.82) is 0 Å². The molecule has 1 aromatic carbocycles. The van der Waals surface area contributed by atoms with Crippen LogP contribution in [0.1, 0.15) is 61.2 Å². The van der Waals surface area contributed by atoms with Crippen LogP contribution < -0.4 is 5.73 Å². The van der Waals surface area contributed by atoms with Gasteiger partial charge >= 0.3 is 0 Å². The Morgan fingerprint density at radius 2 is 1.82 bits per heavy atom. The number of phenolic OH excluding ortho intramolecular Hbond substituents is 1. The number of nitrogens with zero attached hydrogens (tertiary/aromatic N) is 2. The number of carbonyl (C=O) groups is 3. The number of likely N-dealkylation sites (N-methyl/N-ethyl adjacent to an activating group) is 1. The number of nitrogens with two attached hydrogens (primary N) is 1. The lowest BCUT2D eigenvalue weighted by atomic mass is 9.58. The topological polar surface area (TPSA) is 183 Å². The van der Waals surface area contributed by atoms with E-state index in [2.05, 4.69) is 5.16 Å². The molecule has 39 heavy (non-hydrogen) atoms. The molecule has 0 fully saturated rings. The molecule has 11 nitrogen and oxygen atoms in total. The van der Waals surface area contributed by atoms with E-state index in [9.17, 15) is 34.8 Å². The number of allylic oxidation sites excluding steroid dienone is 1. The van der Waals surface area contributed by atoms with Crippen LogP contribution in [0.2, 0.25) is 0 Å². The van der Waals surface area contributed by atoms with E-state index in [0.29, 0.717) is 22.4 Å². The normalized spacial score (nSPS) is 27.4. The summed E-state index contributed by atoms with van der Waals surface area (Å²) in [5.41, 5.74) is 3.04. The molecule has 210 valence electrons. The summed E-state index contributed by atoms with van der Waals surface area (Å²) >= 11 is 0. The van der Waals surface area contributed by atoms with Gasteiger partial charge in [-0.15, -0.1) is 0 Å². The lowest BCUT2D eigenvalue weighted by Crippen LogP contribution is -2.63. The molecule has 6 N–H and O–H groups in total. The molecule has 0 aliphatic heterocycles. The van der Waals surface area contributed by atoms with Crippen LogP contribution in [0.5, 0.6) is 5.75 Å². The fourth-order valence-corrected chi connectivity index (χ4v) is 6.40. The molecule has 3 aliphatic rings. The number of aliphatic hydroxyl groups excluding tert-OH is 2. The minimum Gasteiger partial charge on any atom is -0.510 e. The number of aliphatic hydroxyl groups is 3. The minimum absolute atomic E-state index is 0.00740. The van der Waals surface area contributed by atoms with Gasteiger partial charge in [-0.3, -0.25) is 19.3 Å². The van der Waals surface area contributed by atoms with Gasteiger partial charge in [-0.1, -0.05) is 25.9 Å². The highest BCUT2D eigenvalue weighted by atomic mass is 16.6. The number of Topliss-reactive ketones (excluding diaryl/α,β-unsaturated/α-hetero) is 2. The van der Waals surface area contributed by atoms with E-state index < -0.39 is 63.5 Å². The molecule has 0 unspecified atom stereocenters. The number of hydrogen-bond donors (Lipinski definition) is 5. The summed E-state index contributed by atoms with van der Waals surface area (Å²) < 4.78 is 0. The molecule has 0 heterocycles. The number of ketones is 2. The van der Waals surface area contributed by atoms with E-state index >= 15 is 0 Å². The zero-order valence-electron chi connectivity index (χ0n) is 23.1.